The fraction of sp³-hybridized carbons (Fsp3) is 0.0833. The third-order valence-corrected chi connectivity index (χ3v) is 7.55. The molecule has 1 aliphatic rings. The third kappa shape index (κ3) is 6.06. The number of carbonyl (C=O) groups is 2. The number of benzene rings is 3. The molecule has 0 atom stereocenters. The Morgan fingerprint density at radius 1 is 0.970 bits per heavy atom. The number of imide groups is 1. The van der Waals surface area contributed by atoms with Crippen molar-refractivity contribution in [2.24, 2.45) is 0 Å². The SMILES string of the molecule is O=C1S/C(=C/c2cc(Br)c(OCc3ccc(F)cc3)c(Br)c2)C(=O)N1Cc1ccc(I)cc1. The van der Waals surface area contributed by atoms with E-state index in [1.165, 1.54) is 17.0 Å². The van der Waals surface area contributed by atoms with Gasteiger partial charge >= 0.3 is 0 Å². The lowest BCUT2D eigenvalue weighted by molar-refractivity contribution is -0.123. The highest BCUT2D eigenvalue weighted by Crippen LogP contribution is 2.38. The first-order chi connectivity index (χ1) is 15.8. The number of hydrogen-bond acceptors (Lipinski definition) is 4. The van der Waals surface area contributed by atoms with Crippen molar-refractivity contribution < 1.29 is 18.7 Å². The van der Waals surface area contributed by atoms with Crippen LogP contribution in [0.4, 0.5) is 9.18 Å². The number of thioether (sulfide) groups is 1. The Hall–Kier alpha value is -1.69. The summed E-state index contributed by atoms with van der Waals surface area (Å²) in [6.45, 7) is 0.511. The Morgan fingerprint density at radius 3 is 2.21 bits per heavy atom. The van der Waals surface area contributed by atoms with Crippen LogP contribution in [0.25, 0.3) is 6.08 Å². The molecule has 0 saturated carbocycles. The van der Waals surface area contributed by atoms with Crippen LogP contribution in [0.2, 0.25) is 0 Å². The zero-order valence-electron chi connectivity index (χ0n) is 16.9. The highest BCUT2D eigenvalue weighted by Gasteiger charge is 2.35. The number of halogens is 4. The molecule has 2 amide bonds. The van der Waals surface area contributed by atoms with Gasteiger partial charge in [-0.15, -0.1) is 0 Å². The minimum absolute atomic E-state index is 0.239. The van der Waals surface area contributed by atoms with Crippen LogP contribution in [0, 0.1) is 9.39 Å². The Balaban J connectivity index is 1.49. The lowest BCUT2D eigenvalue weighted by Crippen LogP contribution is -2.27. The molecule has 0 bridgehead atoms. The number of carbonyl (C=O) groups excluding carboxylic acids is 2. The van der Waals surface area contributed by atoms with Crippen molar-refractivity contribution in [3.05, 3.63) is 101 Å². The smallest absolute Gasteiger partial charge is 0.293 e. The van der Waals surface area contributed by atoms with Gasteiger partial charge in [0.2, 0.25) is 0 Å². The van der Waals surface area contributed by atoms with Gasteiger partial charge in [0.25, 0.3) is 11.1 Å². The summed E-state index contributed by atoms with van der Waals surface area (Å²) in [4.78, 5) is 26.9. The maximum Gasteiger partial charge on any atom is 0.293 e. The first-order valence-electron chi connectivity index (χ1n) is 9.66. The summed E-state index contributed by atoms with van der Waals surface area (Å²) in [5, 5.41) is -0.290. The van der Waals surface area contributed by atoms with Crippen molar-refractivity contribution in [3.8, 4) is 5.75 Å². The van der Waals surface area contributed by atoms with E-state index in [4.69, 9.17) is 4.74 Å². The quantitative estimate of drug-likeness (QED) is 0.195. The maximum atomic E-state index is 13.1. The van der Waals surface area contributed by atoms with Gasteiger partial charge in [0.15, 0.2) is 0 Å². The molecule has 168 valence electrons. The van der Waals surface area contributed by atoms with Gasteiger partial charge in [-0.05, 0) is 125 Å². The van der Waals surface area contributed by atoms with Crippen LogP contribution in [0.5, 0.6) is 5.75 Å². The average molecular weight is 703 g/mol. The Kier molecular flexibility index (Phi) is 7.93. The molecule has 3 aromatic rings. The van der Waals surface area contributed by atoms with Crippen LogP contribution in [0.3, 0.4) is 0 Å². The molecule has 1 aliphatic heterocycles. The number of nitrogens with zero attached hydrogens (tertiary/aromatic N) is 1. The molecule has 0 spiro atoms. The molecule has 1 fully saturated rings. The maximum absolute atomic E-state index is 13.1. The van der Waals surface area contributed by atoms with Gasteiger partial charge in [0.05, 0.1) is 20.4 Å². The number of rotatable bonds is 6. The first-order valence-corrected chi connectivity index (χ1v) is 13.1. The molecule has 0 aliphatic carbocycles. The summed E-state index contributed by atoms with van der Waals surface area (Å²) >= 11 is 10.2. The zero-order valence-corrected chi connectivity index (χ0v) is 23.0. The largest absolute Gasteiger partial charge is 0.487 e. The first kappa shape index (κ1) is 24.4. The van der Waals surface area contributed by atoms with E-state index >= 15 is 0 Å². The molecule has 0 unspecified atom stereocenters. The van der Waals surface area contributed by atoms with E-state index in [2.05, 4.69) is 54.5 Å². The number of ether oxygens (including phenoxy) is 1. The number of amides is 2. The molecule has 4 rings (SSSR count). The van der Waals surface area contributed by atoms with E-state index in [1.807, 2.05) is 36.4 Å². The molecular formula is C24H15Br2FINO3S. The second kappa shape index (κ2) is 10.7. The fourth-order valence-corrected chi connectivity index (χ4v) is 5.75. The van der Waals surface area contributed by atoms with Gasteiger partial charge in [-0.25, -0.2) is 4.39 Å². The predicted octanol–water partition coefficient (Wildman–Crippen LogP) is 7.77. The molecule has 9 heteroatoms. The van der Waals surface area contributed by atoms with E-state index in [1.54, 1.807) is 18.2 Å². The molecule has 1 heterocycles. The van der Waals surface area contributed by atoms with E-state index in [0.717, 1.165) is 32.0 Å². The Bertz CT molecular complexity index is 1230. The van der Waals surface area contributed by atoms with E-state index in [9.17, 15) is 14.0 Å². The average Bonchev–Trinajstić information content (AvgIpc) is 3.03. The molecule has 1 saturated heterocycles. The van der Waals surface area contributed by atoms with Gasteiger partial charge < -0.3 is 4.74 Å². The highest BCUT2D eigenvalue weighted by atomic mass is 127. The molecule has 3 aromatic carbocycles. The predicted molar refractivity (Wildman–Crippen MR) is 143 cm³/mol. The lowest BCUT2D eigenvalue weighted by Gasteiger charge is -2.13. The van der Waals surface area contributed by atoms with Crippen molar-refractivity contribution in [1.29, 1.82) is 0 Å². The second-order valence-corrected chi connectivity index (χ2v) is 11.1. The van der Waals surface area contributed by atoms with Crippen molar-refractivity contribution in [1.82, 2.24) is 4.90 Å². The van der Waals surface area contributed by atoms with Crippen LogP contribution >= 0.6 is 66.2 Å². The zero-order chi connectivity index (χ0) is 23.5. The summed E-state index contributed by atoms with van der Waals surface area (Å²) in [5.74, 6) is -0.0239. The summed E-state index contributed by atoms with van der Waals surface area (Å²) in [5.41, 5.74) is 2.47. The van der Waals surface area contributed by atoms with E-state index in [-0.39, 0.29) is 30.1 Å². The van der Waals surface area contributed by atoms with Crippen LogP contribution in [0.1, 0.15) is 16.7 Å². The minimum atomic E-state index is -0.313. The Labute approximate surface area is 225 Å². The monoisotopic (exact) mass is 701 g/mol. The topological polar surface area (TPSA) is 46.6 Å². The van der Waals surface area contributed by atoms with Gasteiger partial charge in [-0.3, -0.25) is 14.5 Å². The van der Waals surface area contributed by atoms with Crippen LogP contribution in [-0.2, 0) is 17.9 Å². The van der Waals surface area contributed by atoms with E-state index in [0.29, 0.717) is 19.6 Å². The van der Waals surface area contributed by atoms with Crippen LogP contribution < -0.4 is 4.74 Å². The normalized spacial score (nSPS) is 14.9. The van der Waals surface area contributed by atoms with Crippen molar-refractivity contribution in [2.75, 3.05) is 0 Å². The molecule has 4 nitrogen and oxygen atoms in total. The van der Waals surface area contributed by atoms with Crippen molar-refractivity contribution in [2.45, 2.75) is 13.2 Å². The van der Waals surface area contributed by atoms with Crippen molar-refractivity contribution >= 4 is 83.4 Å². The van der Waals surface area contributed by atoms with Gasteiger partial charge in [0.1, 0.15) is 18.2 Å². The van der Waals surface area contributed by atoms with Crippen molar-refractivity contribution in [3.63, 3.8) is 0 Å². The van der Waals surface area contributed by atoms with E-state index < -0.39 is 0 Å². The van der Waals surface area contributed by atoms with Gasteiger partial charge in [0, 0.05) is 3.57 Å². The number of hydrogen-bond donors (Lipinski definition) is 0. The summed E-state index contributed by atoms with van der Waals surface area (Å²) in [6, 6.07) is 17.4. The van der Waals surface area contributed by atoms with Crippen LogP contribution in [0.15, 0.2) is 74.5 Å². The minimum Gasteiger partial charge on any atom is -0.487 e. The van der Waals surface area contributed by atoms with Gasteiger partial charge in [-0.2, -0.15) is 0 Å². The fourth-order valence-electron chi connectivity index (χ4n) is 3.10. The second-order valence-electron chi connectivity index (χ2n) is 7.12. The molecule has 0 N–H and O–H groups in total. The molecular weight excluding hydrogens is 688 g/mol. The third-order valence-electron chi connectivity index (χ3n) is 4.74. The molecule has 0 radical (unpaired) electrons. The summed E-state index contributed by atoms with van der Waals surface area (Å²) < 4.78 is 21.4. The summed E-state index contributed by atoms with van der Waals surface area (Å²) in [6.07, 6.45) is 1.69. The lowest BCUT2D eigenvalue weighted by atomic mass is 10.2. The summed E-state index contributed by atoms with van der Waals surface area (Å²) in [7, 11) is 0. The standard InChI is InChI=1S/C24H15Br2FINO3S/c25-19-9-16(10-20(26)22(19)32-13-15-1-5-17(27)6-2-15)11-21-23(30)29(24(31)33-21)12-14-3-7-18(28)8-4-14/h1-11H,12-13H2/b21-11+. The van der Waals surface area contributed by atoms with Gasteiger partial charge in [-0.1, -0.05) is 24.3 Å². The Morgan fingerprint density at radius 2 is 1.58 bits per heavy atom. The van der Waals surface area contributed by atoms with Crippen LogP contribution in [-0.4, -0.2) is 16.0 Å². The highest BCUT2D eigenvalue weighted by molar-refractivity contribution is 14.1. The molecule has 33 heavy (non-hydrogen) atoms. The molecule has 0 aromatic heterocycles.